The van der Waals surface area contributed by atoms with Gasteiger partial charge in [0, 0.05) is 10.4 Å². The van der Waals surface area contributed by atoms with Crippen LogP contribution in [0.15, 0.2) is 134 Å². The van der Waals surface area contributed by atoms with E-state index >= 15 is 0 Å². The number of halogens is 1. The first-order chi connectivity index (χ1) is 18.3. The number of hydrogen-bond acceptors (Lipinski definition) is 2. The first-order valence-corrected chi connectivity index (χ1v) is 12.6. The molecule has 0 saturated carbocycles. The van der Waals surface area contributed by atoms with E-state index in [0.717, 1.165) is 15.9 Å². The number of fused-ring (bicyclic) bond motifs is 2. The molecule has 4 aromatic carbocycles. The Morgan fingerprint density at radius 3 is 2.11 bits per heavy atom. The van der Waals surface area contributed by atoms with Crippen molar-refractivity contribution in [3.05, 3.63) is 155 Å². The summed E-state index contributed by atoms with van der Waals surface area (Å²) in [7, 11) is 0. The third-order valence-electron chi connectivity index (χ3n) is 6.51. The van der Waals surface area contributed by atoms with Gasteiger partial charge in [-0.15, -0.1) is 0 Å². The van der Waals surface area contributed by atoms with Crippen LogP contribution in [-0.2, 0) is 0 Å². The van der Waals surface area contributed by atoms with Gasteiger partial charge < -0.3 is 0 Å². The fourth-order valence-corrected chi connectivity index (χ4v) is 4.76. The van der Waals surface area contributed by atoms with Gasteiger partial charge in [-0.2, -0.15) is 10.2 Å². The summed E-state index contributed by atoms with van der Waals surface area (Å²) in [5.41, 5.74) is 11.3. The molecule has 0 N–H and O–H groups in total. The Bertz CT molecular complexity index is 1720. The lowest BCUT2D eigenvalue weighted by molar-refractivity contribution is 1.08. The van der Waals surface area contributed by atoms with E-state index in [1.165, 1.54) is 44.5 Å². The zero-order valence-corrected chi connectivity index (χ0v) is 20.8. The summed E-state index contributed by atoms with van der Waals surface area (Å²) in [5.74, 6) is 0. The van der Waals surface area contributed by atoms with Crippen molar-refractivity contribution in [2.24, 2.45) is 0 Å². The molecule has 0 saturated heterocycles. The highest BCUT2D eigenvalue weighted by molar-refractivity contribution is 6.31. The van der Waals surface area contributed by atoms with Crippen molar-refractivity contribution in [3.63, 3.8) is 0 Å². The van der Waals surface area contributed by atoms with Gasteiger partial charge in [0.25, 0.3) is 0 Å². The Morgan fingerprint density at radius 2 is 1.38 bits per heavy atom. The Hall–Kier alpha value is -4.53. The lowest BCUT2D eigenvalue weighted by atomic mass is 9.80. The Kier molecular flexibility index (Phi) is 6.33. The fraction of sp³-hybridized carbons (Fsp3) is 0. The average molecular weight is 495 g/mol. The minimum absolute atomic E-state index is 0.727. The molecule has 1 heterocycles. The summed E-state index contributed by atoms with van der Waals surface area (Å²) in [4.78, 5) is 0. The topological polar surface area (TPSA) is 25.8 Å². The highest BCUT2D eigenvalue weighted by Gasteiger charge is 2.21. The van der Waals surface area contributed by atoms with Crippen LogP contribution in [0.1, 0.15) is 16.7 Å². The van der Waals surface area contributed by atoms with Gasteiger partial charge >= 0.3 is 0 Å². The van der Waals surface area contributed by atoms with Crippen molar-refractivity contribution in [2.45, 2.75) is 0 Å². The van der Waals surface area contributed by atoms with Crippen molar-refractivity contribution in [2.75, 3.05) is 0 Å². The van der Waals surface area contributed by atoms with Gasteiger partial charge in [-0.3, -0.25) is 0 Å². The van der Waals surface area contributed by atoms with E-state index < -0.39 is 0 Å². The molecule has 3 heteroatoms. The number of aromatic nitrogens is 2. The summed E-state index contributed by atoms with van der Waals surface area (Å²) in [5, 5.41) is 9.41. The predicted molar refractivity (Wildman–Crippen MR) is 155 cm³/mol. The summed E-state index contributed by atoms with van der Waals surface area (Å²) < 4.78 is 0. The molecule has 37 heavy (non-hydrogen) atoms. The first-order valence-electron chi connectivity index (χ1n) is 12.2. The van der Waals surface area contributed by atoms with Crippen LogP contribution < -0.4 is 0 Å². The van der Waals surface area contributed by atoms with Gasteiger partial charge in [-0.1, -0.05) is 109 Å². The van der Waals surface area contributed by atoms with E-state index in [9.17, 15) is 0 Å². The van der Waals surface area contributed by atoms with Crippen molar-refractivity contribution >= 4 is 34.2 Å². The second-order valence-electron chi connectivity index (χ2n) is 8.88. The van der Waals surface area contributed by atoms with Gasteiger partial charge in [-0.05, 0) is 80.9 Å². The van der Waals surface area contributed by atoms with Gasteiger partial charge in [0.2, 0.25) is 0 Å². The molecule has 0 amide bonds. The largest absolute Gasteiger partial charge is 0.159 e. The second kappa shape index (κ2) is 10.2. The van der Waals surface area contributed by atoms with Gasteiger partial charge in [0.1, 0.15) is 0 Å². The van der Waals surface area contributed by atoms with E-state index in [-0.39, 0.29) is 0 Å². The predicted octanol–water partition coefficient (Wildman–Crippen LogP) is 9.21. The molecular formula is C34H23ClN2. The monoisotopic (exact) mass is 494 g/mol. The Balaban J connectivity index is 0.000000191. The quantitative estimate of drug-likeness (QED) is 0.228. The van der Waals surface area contributed by atoms with Gasteiger partial charge in [0.15, 0.2) is 0 Å². The van der Waals surface area contributed by atoms with Crippen LogP contribution in [0.3, 0.4) is 0 Å². The second-order valence-corrected chi connectivity index (χ2v) is 9.31. The van der Waals surface area contributed by atoms with Crippen LogP contribution >= 0.6 is 11.6 Å². The maximum absolute atomic E-state index is 5.77. The van der Waals surface area contributed by atoms with E-state index in [4.69, 9.17) is 11.6 Å². The SMILES string of the molecule is C(=C(c1ccccc1)c1ccccc1-c1cc2ccc1-2)c1ccccc1.Clc1ccc2nnccc2c1. The molecule has 0 atom stereocenters. The van der Waals surface area contributed by atoms with Crippen molar-refractivity contribution in [3.8, 4) is 22.3 Å². The van der Waals surface area contributed by atoms with Crippen LogP contribution in [0.5, 0.6) is 0 Å². The van der Waals surface area contributed by atoms with Crippen molar-refractivity contribution in [1.29, 1.82) is 0 Å². The summed E-state index contributed by atoms with van der Waals surface area (Å²) in [6.45, 7) is 0. The number of benzene rings is 5. The molecule has 0 bridgehead atoms. The summed E-state index contributed by atoms with van der Waals surface area (Å²) >= 11 is 5.77. The molecule has 1 aromatic heterocycles. The molecule has 0 radical (unpaired) electrons. The molecule has 0 spiro atoms. The molecule has 0 aliphatic heterocycles. The van der Waals surface area contributed by atoms with E-state index in [0.29, 0.717) is 0 Å². The average Bonchev–Trinajstić information content (AvgIpc) is 2.94. The van der Waals surface area contributed by atoms with E-state index in [1.54, 1.807) is 12.3 Å². The highest BCUT2D eigenvalue weighted by Crippen LogP contribution is 2.46. The lowest BCUT2D eigenvalue weighted by Crippen LogP contribution is -1.99. The zero-order chi connectivity index (χ0) is 25.0. The molecule has 2 nitrogen and oxygen atoms in total. The zero-order valence-electron chi connectivity index (χ0n) is 20.1. The highest BCUT2D eigenvalue weighted by atomic mass is 35.5. The fourth-order valence-electron chi connectivity index (χ4n) is 4.57. The van der Waals surface area contributed by atoms with Gasteiger partial charge in [-0.25, -0.2) is 0 Å². The Labute approximate surface area is 221 Å². The van der Waals surface area contributed by atoms with Crippen LogP contribution in [-0.4, -0.2) is 10.2 Å². The van der Waals surface area contributed by atoms with Crippen LogP contribution in [0.25, 0.3) is 44.8 Å². The molecule has 5 aromatic rings. The number of rotatable bonds is 4. The van der Waals surface area contributed by atoms with Crippen LogP contribution in [0.4, 0.5) is 0 Å². The standard InChI is InChI=1S/C26H18.C8H5ClN2/c1-3-9-19(10-4-1)17-25(20-11-5-2-6-12-20)23-13-7-8-14-24(23)26-18-21-15-16-22(21)26;9-7-1-2-8-6(5-7)3-4-10-11-8/h1-18H;1-5H. The Morgan fingerprint density at radius 1 is 0.622 bits per heavy atom. The van der Waals surface area contributed by atoms with Gasteiger partial charge in [0.05, 0.1) is 11.7 Å². The summed E-state index contributed by atoms with van der Waals surface area (Å²) in [6.07, 6.45) is 3.94. The first kappa shape index (κ1) is 22.9. The normalized spacial score (nSPS) is 11.5. The number of hydrogen-bond donors (Lipinski definition) is 0. The molecular weight excluding hydrogens is 472 g/mol. The minimum atomic E-state index is 0.727. The summed E-state index contributed by atoms with van der Waals surface area (Å²) in [6, 6.07) is 44.0. The molecule has 0 fully saturated rings. The third-order valence-corrected chi connectivity index (χ3v) is 6.74. The molecule has 2 aliphatic rings. The third kappa shape index (κ3) is 4.80. The van der Waals surface area contributed by atoms with E-state index in [2.05, 4.69) is 119 Å². The molecule has 0 unspecified atom stereocenters. The minimum Gasteiger partial charge on any atom is -0.159 e. The molecule has 2 aliphatic carbocycles. The van der Waals surface area contributed by atoms with Crippen molar-refractivity contribution in [1.82, 2.24) is 10.2 Å². The molecule has 176 valence electrons. The molecule has 7 rings (SSSR count). The number of nitrogens with zero attached hydrogens (tertiary/aromatic N) is 2. The van der Waals surface area contributed by atoms with Crippen molar-refractivity contribution < 1.29 is 0 Å². The smallest absolute Gasteiger partial charge is 0.0930 e. The van der Waals surface area contributed by atoms with Crippen LogP contribution in [0.2, 0.25) is 5.02 Å². The van der Waals surface area contributed by atoms with E-state index in [1.807, 2.05) is 18.2 Å². The van der Waals surface area contributed by atoms with Crippen LogP contribution in [0, 0.1) is 0 Å². The lowest BCUT2D eigenvalue weighted by Gasteiger charge is -2.24. The maximum atomic E-state index is 5.77. The maximum Gasteiger partial charge on any atom is 0.0930 e.